The maximum atomic E-state index is 13.7. The molecule has 48 heavy (non-hydrogen) atoms. The summed E-state index contributed by atoms with van der Waals surface area (Å²) in [6.45, 7) is 25.1. The number of amides is 3. The smallest absolute Gasteiger partial charge is 0.255 e. The summed E-state index contributed by atoms with van der Waals surface area (Å²) in [5, 5.41) is 8.98. The van der Waals surface area contributed by atoms with E-state index in [1.165, 1.54) is 18.2 Å². The van der Waals surface area contributed by atoms with Gasteiger partial charge in [0.15, 0.2) is 0 Å². The third kappa shape index (κ3) is 8.60. The van der Waals surface area contributed by atoms with E-state index in [0.29, 0.717) is 17.1 Å². The molecule has 0 saturated heterocycles. The van der Waals surface area contributed by atoms with Gasteiger partial charge in [-0.1, -0.05) is 98.7 Å². The van der Waals surface area contributed by atoms with Gasteiger partial charge in [-0.15, -0.1) is 0 Å². The number of rotatable bonds is 6. The molecule has 4 rings (SSSR count). The third-order valence-electron chi connectivity index (χ3n) is 8.74. The fraction of sp³-hybridized carbons (Fsp3) is 0.357. The highest BCUT2D eigenvalue weighted by Crippen LogP contribution is 2.30. The second-order valence-corrected chi connectivity index (χ2v) is 16.0. The Hall–Kier alpha value is -4.71. The number of anilines is 3. The van der Waals surface area contributed by atoms with Crippen molar-refractivity contribution < 1.29 is 14.4 Å². The second kappa shape index (κ2) is 13.4. The van der Waals surface area contributed by atoms with Crippen LogP contribution in [0.2, 0.25) is 0 Å². The summed E-state index contributed by atoms with van der Waals surface area (Å²) in [6, 6.07) is 22.5. The highest BCUT2D eigenvalue weighted by Gasteiger charge is 2.21. The SMILES string of the molecule is Cc1cc(C(C)(C)C)ccc1NC(=O)c1cc(C(=O)Nc2ccc(C(C)(C)C)cc2C)cc(C(=O)Nc2ccc(C(C)(C)C)cc2C)c1. The summed E-state index contributed by atoms with van der Waals surface area (Å²) in [4.78, 5) is 41.1. The Balaban J connectivity index is 1.70. The minimum Gasteiger partial charge on any atom is -0.322 e. The lowest BCUT2D eigenvalue weighted by atomic mass is 9.86. The summed E-state index contributed by atoms with van der Waals surface area (Å²) >= 11 is 0. The van der Waals surface area contributed by atoms with Crippen LogP contribution in [0.15, 0.2) is 72.8 Å². The summed E-state index contributed by atoms with van der Waals surface area (Å²) in [7, 11) is 0. The largest absolute Gasteiger partial charge is 0.322 e. The van der Waals surface area contributed by atoms with Crippen molar-refractivity contribution in [2.24, 2.45) is 0 Å². The van der Waals surface area contributed by atoms with Gasteiger partial charge in [-0.25, -0.2) is 0 Å². The monoisotopic (exact) mass is 645 g/mol. The van der Waals surface area contributed by atoms with Gasteiger partial charge in [-0.2, -0.15) is 0 Å². The number of hydrogen-bond donors (Lipinski definition) is 3. The first-order valence-electron chi connectivity index (χ1n) is 16.6. The molecule has 4 aromatic carbocycles. The van der Waals surface area contributed by atoms with E-state index >= 15 is 0 Å². The van der Waals surface area contributed by atoms with Gasteiger partial charge in [-0.05, 0) is 107 Å². The Morgan fingerprint density at radius 3 is 0.812 bits per heavy atom. The van der Waals surface area contributed by atoms with Crippen LogP contribution in [0.1, 0.15) is 127 Å². The number of hydrogen-bond acceptors (Lipinski definition) is 3. The molecular weight excluding hydrogens is 594 g/mol. The zero-order chi connectivity index (χ0) is 35.8. The molecule has 0 spiro atoms. The average Bonchev–Trinajstić information content (AvgIpc) is 2.98. The molecule has 4 aromatic rings. The number of benzene rings is 4. The molecule has 0 aliphatic rings. The molecule has 0 aliphatic heterocycles. The fourth-order valence-corrected chi connectivity index (χ4v) is 5.42. The lowest BCUT2D eigenvalue weighted by molar-refractivity contribution is 0.102. The number of nitrogens with one attached hydrogen (secondary N) is 3. The number of carbonyl (C=O) groups is 3. The normalized spacial score (nSPS) is 12.0. The highest BCUT2D eigenvalue weighted by atomic mass is 16.2. The van der Waals surface area contributed by atoms with Gasteiger partial charge in [0.05, 0.1) is 0 Å². The van der Waals surface area contributed by atoms with Crippen LogP contribution in [-0.2, 0) is 16.2 Å². The molecular formula is C42H51N3O3. The fourth-order valence-electron chi connectivity index (χ4n) is 5.42. The van der Waals surface area contributed by atoms with Gasteiger partial charge in [0, 0.05) is 33.8 Å². The Morgan fingerprint density at radius 2 is 0.625 bits per heavy atom. The molecule has 6 heteroatoms. The van der Waals surface area contributed by atoms with Crippen LogP contribution < -0.4 is 16.0 Å². The topological polar surface area (TPSA) is 87.3 Å². The highest BCUT2D eigenvalue weighted by molar-refractivity contribution is 6.13. The predicted octanol–water partition coefficient (Wildman–Crippen LogP) is 10.3. The molecule has 6 nitrogen and oxygen atoms in total. The Labute approximate surface area is 286 Å². The zero-order valence-electron chi connectivity index (χ0n) is 30.7. The van der Waals surface area contributed by atoms with Crippen LogP contribution in [0, 0.1) is 20.8 Å². The molecule has 0 aromatic heterocycles. The summed E-state index contributed by atoms with van der Waals surface area (Å²) in [6.07, 6.45) is 0. The van der Waals surface area contributed by atoms with E-state index < -0.39 is 17.7 Å². The summed E-state index contributed by atoms with van der Waals surface area (Å²) < 4.78 is 0. The third-order valence-corrected chi connectivity index (χ3v) is 8.74. The Kier molecular flexibility index (Phi) is 10.1. The molecule has 0 fully saturated rings. The van der Waals surface area contributed by atoms with Gasteiger partial charge in [0.1, 0.15) is 0 Å². The van der Waals surface area contributed by atoms with Gasteiger partial charge in [0.25, 0.3) is 17.7 Å². The number of carbonyl (C=O) groups excluding carboxylic acids is 3. The van der Waals surface area contributed by atoms with Crippen LogP contribution in [0.3, 0.4) is 0 Å². The van der Waals surface area contributed by atoms with Crippen molar-refractivity contribution >= 4 is 34.8 Å². The maximum Gasteiger partial charge on any atom is 0.255 e. The van der Waals surface area contributed by atoms with E-state index in [0.717, 1.165) is 33.4 Å². The lowest BCUT2D eigenvalue weighted by Crippen LogP contribution is -2.20. The van der Waals surface area contributed by atoms with Gasteiger partial charge in [0.2, 0.25) is 0 Å². The van der Waals surface area contributed by atoms with E-state index in [2.05, 4.69) is 96.5 Å². The minimum absolute atomic E-state index is 0.0336. The van der Waals surface area contributed by atoms with Crippen molar-refractivity contribution in [1.82, 2.24) is 0 Å². The van der Waals surface area contributed by atoms with Crippen molar-refractivity contribution in [2.75, 3.05) is 16.0 Å². The molecule has 0 unspecified atom stereocenters. The first kappa shape index (κ1) is 36.1. The van der Waals surface area contributed by atoms with Crippen molar-refractivity contribution in [3.05, 3.63) is 123 Å². The lowest BCUT2D eigenvalue weighted by Gasteiger charge is -2.21. The minimum atomic E-state index is -0.415. The quantitative estimate of drug-likeness (QED) is 0.195. The molecule has 0 aliphatic carbocycles. The van der Waals surface area contributed by atoms with Crippen molar-refractivity contribution in [3.63, 3.8) is 0 Å². The predicted molar refractivity (Wildman–Crippen MR) is 200 cm³/mol. The molecule has 0 saturated carbocycles. The van der Waals surface area contributed by atoms with Crippen LogP contribution in [0.4, 0.5) is 17.1 Å². The maximum absolute atomic E-state index is 13.7. The second-order valence-electron chi connectivity index (χ2n) is 16.0. The van der Waals surface area contributed by atoms with Crippen molar-refractivity contribution in [2.45, 2.75) is 99.3 Å². The van der Waals surface area contributed by atoms with Gasteiger partial charge >= 0.3 is 0 Å². The standard InChI is InChI=1S/C42H51N3O3/c1-25-19-31(40(4,5)6)13-16-34(25)43-37(46)28-22-29(38(47)44-35-17-14-32(20-26(35)2)41(7,8)9)24-30(23-28)39(48)45-36-18-15-33(21-27(36)3)42(10,11)12/h13-24H,1-12H3,(H,43,46)(H,44,47)(H,45,48). The van der Waals surface area contributed by atoms with E-state index in [-0.39, 0.29) is 32.9 Å². The molecule has 0 bridgehead atoms. The van der Waals surface area contributed by atoms with E-state index in [1.807, 2.05) is 57.2 Å². The average molecular weight is 646 g/mol. The summed E-state index contributed by atoms with van der Waals surface area (Å²) in [5.74, 6) is -1.25. The first-order valence-corrected chi connectivity index (χ1v) is 16.6. The summed E-state index contributed by atoms with van der Waals surface area (Å²) in [5.41, 5.74) is 8.74. The zero-order valence-corrected chi connectivity index (χ0v) is 30.7. The molecule has 0 radical (unpaired) electrons. The van der Waals surface area contributed by atoms with Crippen LogP contribution in [0.5, 0.6) is 0 Å². The van der Waals surface area contributed by atoms with Crippen LogP contribution in [0.25, 0.3) is 0 Å². The Bertz CT molecular complexity index is 1650. The van der Waals surface area contributed by atoms with Crippen LogP contribution in [-0.4, -0.2) is 17.7 Å². The Morgan fingerprint density at radius 1 is 0.396 bits per heavy atom. The molecule has 0 atom stereocenters. The molecule has 3 N–H and O–H groups in total. The van der Waals surface area contributed by atoms with Crippen LogP contribution >= 0.6 is 0 Å². The van der Waals surface area contributed by atoms with E-state index in [1.54, 1.807) is 0 Å². The molecule has 252 valence electrons. The molecule has 0 heterocycles. The first-order chi connectivity index (χ1) is 22.1. The molecule has 3 amide bonds. The van der Waals surface area contributed by atoms with E-state index in [9.17, 15) is 14.4 Å². The van der Waals surface area contributed by atoms with E-state index in [4.69, 9.17) is 0 Å². The van der Waals surface area contributed by atoms with Gasteiger partial charge in [-0.3, -0.25) is 14.4 Å². The van der Waals surface area contributed by atoms with Gasteiger partial charge < -0.3 is 16.0 Å². The number of aryl methyl sites for hydroxylation is 3. The van der Waals surface area contributed by atoms with Crippen molar-refractivity contribution in [1.29, 1.82) is 0 Å². The van der Waals surface area contributed by atoms with Crippen molar-refractivity contribution in [3.8, 4) is 0 Å².